The van der Waals surface area contributed by atoms with Gasteiger partial charge < -0.3 is 9.84 Å². The molecular formula is C13H12N4O. The van der Waals surface area contributed by atoms with Gasteiger partial charge in [0.15, 0.2) is 0 Å². The lowest BCUT2D eigenvalue weighted by Crippen LogP contribution is -1.96. The van der Waals surface area contributed by atoms with Crippen LogP contribution in [0.3, 0.4) is 0 Å². The first-order chi connectivity index (χ1) is 8.88. The van der Waals surface area contributed by atoms with E-state index in [-0.39, 0.29) is 0 Å². The summed E-state index contributed by atoms with van der Waals surface area (Å²) in [6.45, 7) is 2.71. The number of fused-ring (bicyclic) bond motifs is 1. The number of nitrogens with zero attached hydrogens (tertiary/aromatic N) is 3. The Kier molecular flexibility index (Phi) is 2.64. The van der Waals surface area contributed by atoms with Gasteiger partial charge in [-0.15, -0.1) is 0 Å². The van der Waals surface area contributed by atoms with Gasteiger partial charge in [0.25, 0.3) is 0 Å². The van der Waals surface area contributed by atoms with Crippen LogP contribution in [0.2, 0.25) is 0 Å². The average molecular weight is 240 g/mol. The first-order valence-electron chi connectivity index (χ1n) is 5.80. The summed E-state index contributed by atoms with van der Waals surface area (Å²) in [6.07, 6.45) is 1.75. The molecule has 0 spiro atoms. The number of rotatable bonds is 3. The predicted molar refractivity (Wildman–Crippen MR) is 69.2 cm³/mol. The smallest absolute Gasteiger partial charge is 0.321 e. The lowest BCUT2D eigenvalue weighted by atomic mass is 10.1. The van der Waals surface area contributed by atoms with E-state index in [4.69, 9.17) is 4.52 Å². The summed E-state index contributed by atoms with van der Waals surface area (Å²) >= 11 is 0. The molecule has 0 bridgehead atoms. The van der Waals surface area contributed by atoms with Crippen LogP contribution in [0, 0.1) is 0 Å². The van der Waals surface area contributed by atoms with Crippen LogP contribution < -0.4 is 5.32 Å². The molecule has 1 aromatic carbocycles. The third kappa shape index (κ3) is 1.79. The molecule has 1 N–H and O–H groups in total. The van der Waals surface area contributed by atoms with E-state index in [0.29, 0.717) is 11.8 Å². The summed E-state index contributed by atoms with van der Waals surface area (Å²) in [5.74, 6) is 0.503. The molecule has 0 amide bonds. The Morgan fingerprint density at radius 1 is 1.22 bits per heavy atom. The highest BCUT2D eigenvalue weighted by Crippen LogP contribution is 2.24. The van der Waals surface area contributed by atoms with Crippen LogP contribution in [-0.2, 0) is 0 Å². The summed E-state index contributed by atoms with van der Waals surface area (Å²) in [5, 5.41) is 9.05. The summed E-state index contributed by atoms with van der Waals surface area (Å²) in [6, 6.07) is 10.4. The maximum atomic E-state index is 5.10. The van der Waals surface area contributed by atoms with E-state index in [2.05, 4.69) is 20.4 Å². The molecular weight excluding hydrogens is 228 g/mol. The Morgan fingerprint density at radius 3 is 3.00 bits per heavy atom. The molecule has 0 aliphatic heterocycles. The molecule has 3 aromatic rings. The van der Waals surface area contributed by atoms with E-state index in [0.717, 1.165) is 23.0 Å². The van der Waals surface area contributed by atoms with E-state index < -0.39 is 0 Å². The molecule has 0 saturated carbocycles. The van der Waals surface area contributed by atoms with Crippen LogP contribution in [0.1, 0.15) is 6.92 Å². The van der Waals surface area contributed by atoms with E-state index in [1.54, 1.807) is 6.20 Å². The number of anilines is 1. The zero-order valence-electron chi connectivity index (χ0n) is 9.92. The standard InChI is InChI=1S/C13H12N4O/c1-2-14-13-16-12(17-18-13)11-10-6-4-3-5-9(10)7-8-15-11/h3-8H,2H2,1H3,(H,14,16,17). The fraction of sp³-hybridized carbons (Fsp3) is 0.154. The first kappa shape index (κ1) is 10.7. The highest BCUT2D eigenvalue weighted by Gasteiger charge is 2.11. The first-order valence-corrected chi connectivity index (χ1v) is 5.80. The SMILES string of the molecule is CCNc1nc(-c2nccc3ccccc23)no1. The third-order valence-electron chi connectivity index (χ3n) is 2.64. The van der Waals surface area contributed by atoms with Crippen LogP contribution in [-0.4, -0.2) is 21.7 Å². The minimum absolute atomic E-state index is 0.419. The molecule has 0 unspecified atom stereocenters. The number of pyridine rings is 1. The molecule has 90 valence electrons. The molecule has 0 fully saturated rings. The van der Waals surface area contributed by atoms with Gasteiger partial charge in [-0.3, -0.25) is 4.98 Å². The van der Waals surface area contributed by atoms with Crippen molar-refractivity contribution in [1.82, 2.24) is 15.1 Å². The lowest BCUT2D eigenvalue weighted by Gasteiger charge is -2.00. The van der Waals surface area contributed by atoms with Crippen molar-refractivity contribution in [3.63, 3.8) is 0 Å². The number of aromatic nitrogens is 3. The lowest BCUT2D eigenvalue weighted by molar-refractivity contribution is 0.432. The Labute approximate surface area is 104 Å². The topological polar surface area (TPSA) is 63.8 Å². The zero-order chi connectivity index (χ0) is 12.4. The molecule has 0 aliphatic carbocycles. The molecule has 0 radical (unpaired) electrons. The van der Waals surface area contributed by atoms with Crippen molar-refractivity contribution in [2.24, 2.45) is 0 Å². The maximum absolute atomic E-state index is 5.10. The van der Waals surface area contributed by atoms with Crippen LogP contribution >= 0.6 is 0 Å². The van der Waals surface area contributed by atoms with E-state index in [9.17, 15) is 0 Å². The molecule has 5 heteroatoms. The molecule has 2 heterocycles. The zero-order valence-corrected chi connectivity index (χ0v) is 9.92. The summed E-state index contributed by atoms with van der Waals surface area (Å²) < 4.78 is 5.10. The summed E-state index contributed by atoms with van der Waals surface area (Å²) in [5.41, 5.74) is 0.737. The molecule has 5 nitrogen and oxygen atoms in total. The van der Waals surface area contributed by atoms with Crippen molar-refractivity contribution in [2.45, 2.75) is 6.92 Å². The maximum Gasteiger partial charge on any atom is 0.321 e. The van der Waals surface area contributed by atoms with Gasteiger partial charge in [-0.05, 0) is 18.4 Å². The number of hydrogen-bond acceptors (Lipinski definition) is 5. The van der Waals surface area contributed by atoms with Gasteiger partial charge in [0.05, 0.1) is 0 Å². The van der Waals surface area contributed by atoms with Crippen molar-refractivity contribution in [3.05, 3.63) is 36.5 Å². The highest BCUT2D eigenvalue weighted by atomic mass is 16.5. The minimum atomic E-state index is 0.419. The second-order valence-electron chi connectivity index (χ2n) is 3.83. The quantitative estimate of drug-likeness (QED) is 0.762. The summed E-state index contributed by atoms with van der Waals surface area (Å²) in [7, 11) is 0. The minimum Gasteiger partial charge on any atom is -0.338 e. The molecule has 0 aliphatic rings. The normalized spacial score (nSPS) is 10.7. The van der Waals surface area contributed by atoms with E-state index in [1.165, 1.54) is 0 Å². The van der Waals surface area contributed by atoms with Crippen molar-refractivity contribution < 1.29 is 4.52 Å². The van der Waals surface area contributed by atoms with Gasteiger partial charge in [0.1, 0.15) is 5.69 Å². The number of benzene rings is 1. The van der Waals surface area contributed by atoms with E-state index in [1.807, 2.05) is 37.3 Å². The Hall–Kier alpha value is -2.43. The van der Waals surface area contributed by atoms with Crippen molar-refractivity contribution in [3.8, 4) is 11.5 Å². The van der Waals surface area contributed by atoms with Gasteiger partial charge in [-0.2, -0.15) is 4.98 Å². The molecule has 18 heavy (non-hydrogen) atoms. The van der Waals surface area contributed by atoms with Gasteiger partial charge >= 0.3 is 6.01 Å². The van der Waals surface area contributed by atoms with Crippen LogP contribution in [0.15, 0.2) is 41.1 Å². The predicted octanol–water partition coefficient (Wildman–Crippen LogP) is 2.72. The Morgan fingerprint density at radius 2 is 2.11 bits per heavy atom. The monoisotopic (exact) mass is 240 g/mol. The largest absolute Gasteiger partial charge is 0.338 e. The van der Waals surface area contributed by atoms with Gasteiger partial charge in [0, 0.05) is 18.1 Å². The highest BCUT2D eigenvalue weighted by molar-refractivity contribution is 5.92. The van der Waals surface area contributed by atoms with Crippen molar-refractivity contribution in [1.29, 1.82) is 0 Å². The fourth-order valence-corrected chi connectivity index (χ4v) is 1.84. The van der Waals surface area contributed by atoms with Crippen LogP contribution in [0.5, 0.6) is 0 Å². The van der Waals surface area contributed by atoms with Crippen LogP contribution in [0.4, 0.5) is 6.01 Å². The molecule has 3 rings (SSSR count). The average Bonchev–Trinajstić information content (AvgIpc) is 2.87. The fourth-order valence-electron chi connectivity index (χ4n) is 1.84. The van der Waals surface area contributed by atoms with Crippen LogP contribution in [0.25, 0.3) is 22.3 Å². The Bertz CT molecular complexity index is 672. The Balaban J connectivity index is 2.12. The van der Waals surface area contributed by atoms with Gasteiger partial charge in [-0.25, -0.2) is 0 Å². The van der Waals surface area contributed by atoms with Crippen molar-refractivity contribution in [2.75, 3.05) is 11.9 Å². The second kappa shape index (κ2) is 4.44. The molecule has 0 saturated heterocycles. The number of hydrogen-bond donors (Lipinski definition) is 1. The third-order valence-corrected chi connectivity index (χ3v) is 2.64. The van der Waals surface area contributed by atoms with Gasteiger partial charge in [0.2, 0.25) is 5.82 Å². The van der Waals surface area contributed by atoms with E-state index >= 15 is 0 Å². The molecule has 0 atom stereocenters. The summed E-state index contributed by atoms with van der Waals surface area (Å²) in [4.78, 5) is 8.61. The molecule has 2 aromatic heterocycles. The number of nitrogens with one attached hydrogen (secondary N) is 1. The van der Waals surface area contributed by atoms with Gasteiger partial charge in [-0.1, -0.05) is 29.4 Å². The second-order valence-corrected chi connectivity index (χ2v) is 3.83. The van der Waals surface area contributed by atoms with Crippen molar-refractivity contribution >= 4 is 16.8 Å².